The van der Waals surface area contributed by atoms with E-state index in [4.69, 9.17) is 5.73 Å². The molecule has 100 valence electrons. The summed E-state index contributed by atoms with van der Waals surface area (Å²) >= 11 is 0. The number of likely N-dealkylation sites (tertiary alicyclic amines) is 1. The molecule has 2 fully saturated rings. The molecule has 2 rings (SSSR count). The molecule has 0 spiro atoms. The number of hydrogen-bond acceptors (Lipinski definition) is 2. The number of hydrogen-bond donors (Lipinski definition) is 1. The van der Waals surface area contributed by atoms with E-state index in [1.807, 2.05) is 0 Å². The van der Waals surface area contributed by atoms with Crippen molar-refractivity contribution in [1.82, 2.24) is 4.90 Å². The van der Waals surface area contributed by atoms with E-state index >= 15 is 0 Å². The second-order valence-electron chi connectivity index (χ2n) is 6.29. The van der Waals surface area contributed by atoms with Crippen LogP contribution >= 0.6 is 0 Å². The maximum absolute atomic E-state index is 5.60. The van der Waals surface area contributed by atoms with Gasteiger partial charge >= 0.3 is 0 Å². The van der Waals surface area contributed by atoms with Crippen molar-refractivity contribution in [2.24, 2.45) is 17.6 Å². The lowest BCUT2D eigenvalue weighted by molar-refractivity contribution is 0.165. The molecule has 17 heavy (non-hydrogen) atoms. The number of nitrogens with zero attached hydrogens (tertiary/aromatic N) is 1. The highest BCUT2D eigenvalue weighted by molar-refractivity contribution is 4.87. The van der Waals surface area contributed by atoms with Gasteiger partial charge in [0.1, 0.15) is 0 Å². The molecule has 2 N–H and O–H groups in total. The third-order valence-electron chi connectivity index (χ3n) is 4.81. The van der Waals surface area contributed by atoms with E-state index in [9.17, 15) is 0 Å². The van der Waals surface area contributed by atoms with Crippen LogP contribution in [0.3, 0.4) is 0 Å². The first kappa shape index (κ1) is 13.4. The smallest absolute Gasteiger partial charge is 0.0124 e. The van der Waals surface area contributed by atoms with Crippen molar-refractivity contribution < 1.29 is 0 Å². The zero-order valence-corrected chi connectivity index (χ0v) is 11.5. The molecule has 0 aromatic carbocycles. The summed E-state index contributed by atoms with van der Waals surface area (Å²) in [6.07, 6.45) is 11.4. The van der Waals surface area contributed by atoms with E-state index < -0.39 is 0 Å². The zero-order valence-electron chi connectivity index (χ0n) is 11.5. The molecule has 2 nitrogen and oxygen atoms in total. The Morgan fingerprint density at radius 2 is 1.94 bits per heavy atom. The van der Waals surface area contributed by atoms with Crippen LogP contribution in [0.4, 0.5) is 0 Å². The average Bonchev–Trinajstić information content (AvgIpc) is 2.95. The van der Waals surface area contributed by atoms with Crippen LogP contribution in [0.1, 0.15) is 58.3 Å². The van der Waals surface area contributed by atoms with Gasteiger partial charge in [0.2, 0.25) is 0 Å². The maximum Gasteiger partial charge on any atom is 0.0124 e. The molecule has 1 aliphatic heterocycles. The van der Waals surface area contributed by atoms with Crippen LogP contribution in [0, 0.1) is 11.8 Å². The SMILES string of the molecule is CC(CCCN)CN1CCCC1C1CCCC1. The normalized spacial score (nSPS) is 28.9. The highest BCUT2D eigenvalue weighted by Gasteiger charge is 2.33. The molecule has 2 aliphatic rings. The topological polar surface area (TPSA) is 29.3 Å². The van der Waals surface area contributed by atoms with Gasteiger partial charge in [0.05, 0.1) is 0 Å². The van der Waals surface area contributed by atoms with Gasteiger partial charge < -0.3 is 5.73 Å². The van der Waals surface area contributed by atoms with Gasteiger partial charge in [-0.15, -0.1) is 0 Å². The van der Waals surface area contributed by atoms with Crippen molar-refractivity contribution in [1.29, 1.82) is 0 Å². The van der Waals surface area contributed by atoms with Crippen molar-refractivity contribution in [3.05, 3.63) is 0 Å². The van der Waals surface area contributed by atoms with E-state index in [1.54, 1.807) is 0 Å². The van der Waals surface area contributed by atoms with Gasteiger partial charge in [-0.05, 0) is 63.5 Å². The molecule has 0 amide bonds. The second kappa shape index (κ2) is 6.75. The van der Waals surface area contributed by atoms with Gasteiger partial charge in [-0.1, -0.05) is 19.8 Å². The van der Waals surface area contributed by atoms with Crippen molar-refractivity contribution in [3.8, 4) is 0 Å². The van der Waals surface area contributed by atoms with Crippen molar-refractivity contribution in [3.63, 3.8) is 0 Å². The van der Waals surface area contributed by atoms with Gasteiger partial charge in [0.15, 0.2) is 0 Å². The van der Waals surface area contributed by atoms with Crippen LogP contribution in [-0.4, -0.2) is 30.6 Å². The molecule has 0 radical (unpaired) electrons. The molecule has 2 unspecified atom stereocenters. The summed E-state index contributed by atoms with van der Waals surface area (Å²) in [5.41, 5.74) is 5.60. The summed E-state index contributed by atoms with van der Waals surface area (Å²) in [6, 6.07) is 0.929. The van der Waals surface area contributed by atoms with Gasteiger partial charge in [-0.3, -0.25) is 4.90 Å². The number of nitrogens with two attached hydrogens (primary N) is 1. The molecule has 1 heterocycles. The monoisotopic (exact) mass is 238 g/mol. The van der Waals surface area contributed by atoms with Crippen LogP contribution in [0.5, 0.6) is 0 Å². The predicted molar refractivity (Wildman–Crippen MR) is 74.0 cm³/mol. The lowest BCUT2D eigenvalue weighted by Crippen LogP contribution is -2.37. The first-order valence-corrected chi connectivity index (χ1v) is 7.75. The minimum absolute atomic E-state index is 0.834. The van der Waals surface area contributed by atoms with Crippen LogP contribution in [0.25, 0.3) is 0 Å². The Labute approximate surface area is 107 Å². The van der Waals surface area contributed by atoms with Gasteiger partial charge in [0.25, 0.3) is 0 Å². The summed E-state index contributed by atoms with van der Waals surface area (Å²) < 4.78 is 0. The highest BCUT2D eigenvalue weighted by atomic mass is 15.2. The fourth-order valence-corrected chi connectivity index (χ4v) is 3.91. The molecule has 2 atom stereocenters. The van der Waals surface area contributed by atoms with E-state index in [2.05, 4.69) is 11.8 Å². The first-order chi connectivity index (χ1) is 8.31. The second-order valence-corrected chi connectivity index (χ2v) is 6.29. The summed E-state index contributed by atoms with van der Waals surface area (Å²) in [5.74, 6) is 1.86. The van der Waals surface area contributed by atoms with Crippen molar-refractivity contribution >= 4 is 0 Å². The number of rotatable bonds is 6. The minimum Gasteiger partial charge on any atom is -0.330 e. The predicted octanol–water partition coefficient (Wildman–Crippen LogP) is 3.02. The van der Waals surface area contributed by atoms with E-state index in [0.717, 1.165) is 24.4 Å². The molecular formula is C15H30N2. The van der Waals surface area contributed by atoms with Crippen LogP contribution in [0.2, 0.25) is 0 Å². The van der Waals surface area contributed by atoms with E-state index in [1.165, 1.54) is 64.5 Å². The Morgan fingerprint density at radius 1 is 1.18 bits per heavy atom. The van der Waals surface area contributed by atoms with Crippen LogP contribution < -0.4 is 5.73 Å². The molecule has 1 saturated carbocycles. The fraction of sp³-hybridized carbons (Fsp3) is 1.00. The summed E-state index contributed by atoms with van der Waals surface area (Å²) in [4.78, 5) is 2.80. The lowest BCUT2D eigenvalue weighted by Gasteiger charge is -2.31. The third kappa shape index (κ3) is 3.69. The van der Waals surface area contributed by atoms with Crippen molar-refractivity contribution in [2.45, 2.75) is 64.3 Å². The molecule has 0 bridgehead atoms. The minimum atomic E-state index is 0.834. The fourth-order valence-electron chi connectivity index (χ4n) is 3.91. The summed E-state index contributed by atoms with van der Waals surface area (Å²) in [6.45, 7) is 5.94. The largest absolute Gasteiger partial charge is 0.330 e. The van der Waals surface area contributed by atoms with Gasteiger partial charge in [-0.25, -0.2) is 0 Å². The molecule has 2 heteroatoms. The highest BCUT2D eigenvalue weighted by Crippen LogP contribution is 2.35. The lowest BCUT2D eigenvalue weighted by atomic mass is 9.95. The zero-order chi connectivity index (χ0) is 12.1. The summed E-state index contributed by atoms with van der Waals surface area (Å²) in [5, 5.41) is 0. The molecule has 1 aliphatic carbocycles. The van der Waals surface area contributed by atoms with Gasteiger partial charge in [-0.2, -0.15) is 0 Å². The Bertz CT molecular complexity index is 211. The molecular weight excluding hydrogens is 208 g/mol. The summed E-state index contributed by atoms with van der Waals surface area (Å²) in [7, 11) is 0. The van der Waals surface area contributed by atoms with Crippen LogP contribution in [-0.2, 0) is 0 Å². The van der Waals surface area contributed by atoms with E-state index in [0.29, 0.717) is 0 Å². The van der Waals surface area contributed by atoms with Crippen molar-refractivity contribution in [2.75, 3.05) is 19.6 Å². The maximum atomic E-state index is 5.60. The Morgan fingerprint density at radius 3 is 2.65 bits per heavy atom. The average molecular weight is 238 g/mol. The Balaban J connectivity index is 1.78. The molecule has 0 aromatic heterocycles. The molecule has 0 aromatic rings. The quantitative estimate of drug-likeness (QED) is 0.771. The first-order valence-electron chi connectivity index (χ1n) is 7.75. The standard InChI is InChI=1S/C15H30N2/c1-13(6-4-10-16)12-17-11-5-9-15(17)14-7-2-3-8-14/h13-15H,2-12,16H2,1H3. The van der Waals surface area contributed by atoms with Crippen LogP contribution in [0.15, 0.2) is 0 Å². The molecule has 1 saturated heterocycles. The third-order valence-corrected chi connectivity index (χ3v) is 4.81. The Kier molecular flexibility index (Phi) is 5.30. The van der Waals surface area contributed by atoms with E-state index in [-0.39, 0.29) is 0 Å². The Hall–Kier alpha value is -0.0800. The van der Waals surface area contributed by atoms with Gasteiger partial charge in [0, 0.05) is 12.6 Å².